The maximum atomic E-state index is 12.3. The summed E-state index contributed by atoms with van der Waals surface area (Å²) in [5.74, 6) is -0.110. The second-order valence-corrected chi connectivity index (χ2v) is 7.53. The van der Waals surface area contributed by atoms with Crippen LogP contribution in [0.3, 0.4) is 0 Å². The highest BCUT2D eigenvalue weighted by atomic mass is 32.2. The zero-order valence-corrected chi connectivity index (χ0v) is 13.7. The number of hydrogen-bond acceptors (Lipinski definition) is 4. The van der Waals surface area contributed by atoms with E-state index < -0.39 is 15.9 Å². The summed E-state index contributed by atoms with van der Waals surface area (Å²) in [6, 6.07) is 3.83. The van der Waals surface area contributed by atoms with Gasteiger partial charge in [-0.1, -0.05) is 20.8 Å². The minimum Gasteiger partial charge on any atom is -0.496 e. The van der Waals surface area contributed by atoms with Gasteiger partial charge in [-0.2, -0.15) is 0 Å². The SMILES string of the molecule is COc1ccc(S(N)(=O)=O)cc1C(=O)NC(C)C(C)(C)C. The summed E-state index contributed by atoms with van der Waals surface area (Å²) in [4.78, 5) is 12.2. The Labute approximate surface area is 125 Å². The number of benzene rings is 1. The summed E-state index contributed by atoms with van der Waals surface area (Å²) >= 11 is 0. The fourth-order valence-electron chi connectivity index (χ4n) is 1.53. The molecule has 1 aromatic carbocycles. The van der Waals surface area contributed by atoms with Crippen LogP contribution in [0.2, 0.25) is 0 Å². The molecule has 1 amide bonds. The number of rotatable bonds is 4. The predicted octanol–water partition coefficient (Wildman–Crippen LogP) is 1.51. The molecule has 1 atom stereocenters. The number of ether oxygens (including phenoxy) is 1. The average molecular weight is 314 g/mol. The van der Waals surface area contributed by atoms with Crippen LogP contribution < -0.4 is 15.2 Å². The van der Waals surface area contributed by atoms with Crippen LogP contribution in [-0.4, -0.2) is 27.5 Å². The number of sulfonamides is 1. The third-order valence-corrected chi connectivity index (χ3v) is 4.30. The lowest BCUT2D eigenvalue weighted by atomic mass is 9.88. The Balaban J connectivity index is 3.19. The first-order valence-corrected chi connectivity index (χ1v) is 8.03. The maximum Gasteiger partial charge on any atom is 0.255 e. The third-order valence-electron chi connectivity index (χ3n) is 3.39. The monoisotopic (exact) mass is 314 g/mol. The smallest absolute Gasteiger partial charge is 0.255 e. The zero-order chi connectivity index (χ0) is 16.4. The van der Waals surface area contributed by atoms with E-state index in [0.717, 1.165) is 0 Å². The van der Waals surface area contributed by atoms with Gasteiger partial charge in [0.05, 0.1) is 17.6 Å². The molecule has 0 bridgehead atoms. The van der Waals surface area contributed by atoms with E-state index in [1.165, 1.54) is 25.3 Å². The van der Waals surface area contributed by atoms with Crippen LogP contribution in [0.5, 0.6) is 5.75 Å². The van der Waals surface area contributed by atoms with Gasteiger partial charge in [-0.05, 0) is 30.5 Å². The number of methoxy groups -OCH3 is 1. The van der Waals surface area contributed by atoms with Crippen LogP contribution in [0, 0.1) is 5.41 Å². The van der Waals surface area contributed by atoms with Crippen molar-refractivity contribution in [3.8, 4) is 5.75 Å². The van der Waals surface area contributed by atoms with Gasteiger partial charge >= 0.3 is 0 Å². The lowest BCUT2D eigenvalue weighted by Crippen LogP contribution is -2.41. The van der Waals surface area contributed by atoms with Crippen molar-refractivity contribution < 1.29 is 17.9 Å². The topological polar surface area (TPSA) is 98.5 Å². The van der Waals surface area contributed by atoms with Crippen molar-refractivity contribution in [1.82, 2.24) is 5.32 Å². The first kappa shape index (κ1) is 17.5. The van der Waals surface area contributed by atoms with Gasteiger partial charge in [0.25, 0.3) is 5.91 Å². The number of carbonyl (C=O) groups excluding carboxylic acids is 1. The minimum absolute atomic E-state index is 0.104. The van der Waals surface area contributed by atoms with Crippen LogP contribution in [0.1, 0.15) is 38.1 Å². The highest BCUT2D eigenvalue weighted by Crippen LogP contribution is 2.24. The molecule has 1 unspecified atom stereocenters. The number of nitrogens with two attached hydrogens (primary N) is 1. The number of amides is 1. The van der Waals surface area contributed by atoms with E-state index in [0.29, 0.717) is 5.75 Å². The Morgan fingerprint density at radius 2 is 1.90 bits per heavy atom. The quantitative estimate of drug-likeness (QED) is 0.880. The molecule has 7 heteroatoms. The molecule has 21 heavy (non-hydrogen) atoms. The van der Waals surface area contributed by atoms with Crippen LogP contribution in [0.4, 0.5) is 0 Å². The molecule has 118 valence electrons. The van der Waals surface area contributed by atoms with Crippen LogP contribution in [-0.2, 0) is 10.0 Å². The molecule has 0 aliphatic rings. The fourth-order valence-corrected chi connectivity index (χ4v) is 2.07. The van der Waals surface area contributed by atoms with Crippen molar-refractivity contribution in [2.45, 2.75) is 38.6 Å². The highest BCUT2D eigenvalue weighted by molar-refractivity contribution is 7.89. The lowest BCUT2D eigenvalue weighted by Gasteiger charge is -2.28. The summed E-state index contributed by atoms with van der Waals surface area (Å²) in [7, 11) is -2.46. The summed E-state index contributed by atoms with van der Waals surface area (Å²) < 4.78 is 27.9. The molecule has 0 aromatic heterocycles. The average Bonchev–Trinajstić information content (AvgIpc) is 2.35. The maximum absolute atomic E-state index is 12.3. The molecule has 0 fully saturated rings. The largest absolute Gasteiger partial charge is 0.496 e. The highest BCUT2D eigenvalue weighted by Gasteiger charge is 2.24. The summed E-state index contributed by atoms with van der Waals surface area (Å²) in [5.41, 5.74) is 0.0145. The molecule has 0 heterocycles. The molecule has 0 aliphatic carbocycles. The van der Waals surface area contributed by atoms with Gasteiger partial charge in [0.1, 0.15) is 5.75 Å². The van der Waals surface area contributed by atoms with E-state index in [1.807, 2.05) is 27.7 Å². The first-order chi connectivity index (χ1) is 9.46. The van der Waals surface area contributed by atoms with Gasteiger partial charge in [-0.15, -0.1) is 0 Å². The van der Waals surface area contributed by atoms with E-state index in [-0.39, 0.29) is 21.9 Å². The first-order valence-electron chi connectivity index (χ1n) is 6.48. The minimum atomic E-state index is -3.88. The molecule has 0 spiro atoms. The molecule has 1 aromatic rings. The Kier molecular flexibility index (Phi) is 5.01. The molecule has 3 N–H and O–H groups in total. The Hall–Kier alpha value is -1.60. The van der Waals surface area contributed by atoms with E-state index in [4.69, 9.17) is 9.88 Å². The van der Waals surface area contributed by atoms with Gasteiger partial charge in [0.2, 0.25) is 10.0 Å². The second kappa shape index (κ2) is 6.03. The summed E-state index contributed by atoms with van der Waals surface area (Å²) in [6.45, 7) is 7.87. The third kappa shape index (κ3) is 4.44. The number of carbonyl (C=O) groups is 1. The van der Waals surface area contributed by atoms with Crippen molar-refractivity contribution in [2.75, 3.05) is 7.11 Å². The number of nitrogens with one attached hydrogen (secondary N) is 1. The molecule has 1 rings (SSSR count). The van der Waals surface area contributed by atoms with Crippen molar-refractivity contribution in [1.29, 1.82) is 0 Å². The predicted molar refractivity (Wildman–Crippen MR) is 80.8 cm³/mol. The molecule has 6 nitrogen and oxygen atoms in total. The molecule has 0 saturated carbocycles. The standard InChI is InChI=1S/C14H22N2O4S/c1-9(14(2,3)4)16-13(17)11-8-10(21(15,18)19)6-7-12(11)20-5/h6-9H,1-5H3,(H,16,17)(H2,15,18,19). The van der Waals surface area contributed by atoms with Crippen LogP contribution >= 0.6 is 0 Å². The Bertz CT molecular complexity index is 633. The molecular weight excluding hydrogens is 292 g/mol. The van der Waals surface area contributed by atoms with Crippen LogP contribution in [0.15, 0.2) is 23.1 Å². The Morgan fingerprint density at radius 1 is 1.33 bits per heavy atom. The summed E-state index contributed by atoms with van der Waals surface area (Å²) in [5, 5.41) is 7.92. The van der Waals surface area contributed by atoms with Gasteiger partial charge in [0, 0.05) is 6.04 Å². The van der Waals surface area contributed by atoms with Crippen molar-refractivity contribution in [2.24, 2.45) is 10.6 Å². The van der Waals surface area contributed by atoms with Crippen molar-refractivity contribution in [3.63, 3.8) is 0 Å². The van der Waals surface area contributed by atoms with E-state index >= 15 is 0 Å². The van der Waals surface area contributed by atoms with Gasteiger partial charge in [0.15, 0.2) is 0 Å². The molecule has 0 saturated heterocycles. The number of hydrogen-bond donors (Lipinski definition) is 2. The Morgan fingerprint density at radius 3 is 2.33 bits per heavy atom. The summed E-state index contributed by atoms with van der Waals surface area (Å²) in [6.07, 6.45) is 0. The van der Waals surface area contributed by atoms with Gasteiger partial charge < -0.3 is 10.1 Å². The van der Waals surface area contributed by atoms with Crippen molar-refractivity contribution in [3.05, 3.63) is 23.8 Å². The van der Waals surface area contributed by atoms with E-state index in [9.17, 15) is 13.2 Å². The molecule has 0 aliphatic heterocycles. The van der Waals surface area contributed by atoms with Gasteiger partial charge in [-0.25, -0.2) is 13.6 Å². The molecule has 0 radical (unpaired) electrons. The molecular formula is C14H22N2O4S. The zero-order valence-electron chi connectivity index (χ0n) is 12.9. The number of primary sulfonamides is 1. The fraction of sp³-hybridized carbons (Fsp3) is 0.500. The van der Waals surface area contributed by atoms with E-state index in [2.05, 4.69) is 5.32 Å². The second-order valence-electron chi connectivity index (χ2n) is 5.97. The van der Waals surface area contributed by atoms with Crippen LogP contribution in [0.25, 0.3) is 0 Å². The van der Waals surface area contributed by atoms with Gasteiger partial charge in [-0.3, -0.25) is 4.79 Å². The normalized spacial score (nSPS) is 13.6. The van der Waals surface area contributed by atoms with Crippen molar-refractivity contribution >= 4 is 15.9 Å². The lowest BCUT2D eigenvalue weighted by molar-refractivity contribution is 0.0907. The van der Waals surface area contributed by atoms with E-state index in [1.54, 1.807) is 0 Å².